The van der Waals surface area contributed by atoms with Crippen molar-refractivity contribution in [2.24, 2.45) is 0 Å². The van der Waals surface area contributed by atoms with Crippen LogP contribution in [0.1, 0.15) is 38.8 Å². The summed E-state index contributed by atoms with van der Waals surface area (Å²) in [6.45, 7) is 6.43. The number of carbonyl (C=O) groups excluding carboxylic acids is 3. The molecule has 2 rings (SSSR count). The number of nitrogens with zero attached hydrogens (tertiary/aromatic N) is 1. The highest BCUT2D eigenvalue weighted by molar-refractivity contribution is 5.92. The zero-order valence-corrected chi connectivity index (χ0v) is 21.8. The van der Waals surface area contributed by atoms with Crippen molar-refractivity contribution in [2.75, 3.05) is 13.6 Å². The maximum atomic E-state index is 13.2. The number of ether oxygens (including phenoxy) is 2. The number of benzene rings is 2. The summed E-state index contributed by atoms with van der Waals surface area (Å²) in [5, 5.41) is 13.5. The molecule has 0 aromatic heterocycles. The fraction of sp³-hybridized carbons (Fsp3) is 0.407. The summed E-state index contributed by atoms with van der Waals surface area (Å²) in [6, 6.07) is 14.9. The Labute approximate surface area is 216 Å². The number of nitrogens with one attached hydrogen (secondary N) is 2. The van der Waals surface area contributed by atoms with Crippen LogP contribution in [0.3, 0.4) is 0 Å². The van der Waals surface area contributed by atoms with Crippen molar-refractivity contribution in [1.82, 2.24) is 15.5 Å². The first-order chi connectivity index (χ1) is 17.4. The average molecular weight is 514 g/mol. The van der Waals surface area contributed by atoms with Gasteiger partial charge in [-0.2, -0.15) is 0 Å². The van der Waals surface area contributed by atoms with Crippen molar-refractivity contribution >= 4 is 23.9 Å². The average Bonchev–Trinajstić information content (AvgIpc) is 2.84. The molecule has 0 saturated carbocycles. The molecule has 0 bridgehead atoms. The molecule has 0 aliphatic heterocycles. The second kappa shape index (κ2) is 13.3. The van der Waals surface area contributed by atoms with Gasteiger partial charge in [-0.25, -0.2) is 4.79 Å². The fourth-order valence-electron chi connectivity index (χ4n) is 3.24. The molecule has 0 heterocycles. The van der Waals surface area contributed by atoms with Crippen molar-refractivity contribution in [2.45, 2.75) is 58.4 Å². The molecule has 3 amide bonds. The quantitative estimate of drug-likeness (QED) is 0.421. The molecule has 0 fully saturated rings. The van der Waals surface area contributed by atoms with Crippen molar-refractivity contribution in [3.8, 4) is 5.75 Å². The van der Waals surface area contributed by atoms with Crippen LogP contribution in [0.4, 0.5) is 4.79 Å². The summed E-state index contributed by atoms with van der Waals surface area (Å²) in [5.41, 5.74) is 1.02. The Morgan fingerprint density at radius 3 is 2.14 bits per heavy atom. The third-order valence-corrected chi connectivity index (χ3v) is 5.22. The lowest BCUT2D eigenvalue weighted by atomic mass is 10.0. The molecule has 3 N–H and O–H groups in total. The maximum Gasteiger partial charge on any atom is 0.410 e. The Kier molecular flexibility index (Phi) is 10.5. The number of rotatable bonds is 11. The summed E-state index contributed by atoms with van der Waals surface area (Å²) < 4.78 is 11.2. The van der Waals surface area contributed by atoms with Gasteiger partial charge in [-0.15, -0.1) is 0 Å². The minimum Gasteiger partial charge on any atom is -0.489 e. The van der Waals surface area contributed by atoms with Crippen LogP contribution in [-0.4, -0.2) is 65.2 Å². The Bertz CT molecular complexity index is 1070. The largest absolute Gasteiger partial charge is 0.489 e. The van der Waals surface area contributed by atoms with E-state index in [-0.39, 0.29) is 6.42 Å². The van der Waals surface area contributed by atoms with E-state index in [4.69, 9.17) is 14.6 Å². The number of likely N-dealkylation sites (N-methyl/N-ethyl adjacent to an activating group) is 1. The third kappa shape index (κ3) is 10.2. The summed E-state index contributed by atoms with van der Waals surface area (Å²) in [4.78, 5) is 49.9. The molecule has 0 unspecified atom stereocenters. The number of carbonyl (C=O) groups is 4. The van der Waals surface area contributed by atoms with E-state index in [0.717, 1.165) is 11.1 Å². The van der Waals surface area contributed by atoms with E-state index in [1.807, 2.05) is 30.3 Å². The number of hydrogen-bond donors (Lipinski definition) is 3. The molecule has 37 heavy (non-hydrogen) atoms. The molecule has 2 atom stereocenters. The molecule has 0 saturated heterocycles. The van der Waals surface area contributed by atoms with Gasteiger partial charge in [0.2, 0.25) is 11.8 Å². The van der Waals surface area contributed by atoms with Gasteiger partial charge in [0.1, 0.15) is 36.6 Å². The van der Waals surface area contributed by atoms with Crippen molar-refractivity contribution in [3.63, 3.8) is 0 Å². The van der Waals surface area contributed by atoms with E-state index < -0.39 is 48.1 Å². The van der Waals surface area contributed by atoms with Gasteiger partial charge in [-0.1, -0.05) is 42.5 Å². The zero-order chi connectivity index (χ0) is 27.6. The summed E-state index contributed by atoms with van der Waals surface area (Å²) in [7, 11) is 1.45. The van der Waals surface area contributed by atoms with Gasteiger partial charge >= 0.3 is 12.1 Å². The standard InChI is InChI=1S/C27H35N3O7/c1-18(24(33)28-16-23(31)32)29-25(34)22(30(5)26(35)37-27(2,3)4)15-19-11-13-21(14-12-19)36-17-20-9-7-6-8-10-20/h6-14,18,22H,15-17H2,1-5H3,(H,28,33)(H,29,34)(H,31,32)/t18-,22+/m1/s1. The second-order valence-corrected chi connectivity index (χ2v) is 9.57. The Balaban J connectivity index is 2.13. The fourth-order valence-corrected chi connectivity index (χ4v) is 3.24. The lowest BCUT2D eigenvalue weighted by Crippen LogP contribution is -2.54. The lowest BCUT2D eigenvalue weighted by molar-refractivity contribution is -0.138. The summed E-state index contributed by atoms with van der Waals surface area (Å²) in [5.74, 6) is -1.80. The van der Waals surface area contributed by atoms with E-state index in [0.29, 0.717) is 12.4 Å². The number of carboxylic acid groups (broad SMARTS) is 1. The van der Waals surface area contributed by atoms with Gasteiger partial charge in [0, 0.05) is 13.5 Å². The first-order valence-electron chi connectivity index (χ1n) is 11.9. The predicted octanol–water partition coefficient (Wildman–Crippen LogP) is 2.75. The molecule has 2 aromatic rings. The first kappa shape index (κ1) is 29.2. The molecule has 0 aliphatic rings. The highest BCUT2D eigenvalue weighted by Gasteiger charge is 2.32. The van der Waals surface area contributed by atoms with Gasteiger partial charge in [-0.05, 0) is 51.0 Å². The third-order valence-electron chi connectivity index (χ3n) is 5.22. The van der Waals surface area contributed by atoms with Crippen LogP contribution >= 0.6 is 0 Å². The van der Waals surface area contributed by atoms with Crippen LogP contribution < -0.4 is 15.4 Å². The number of aliphatic carboxylic acids is 1. The van der Waals surface area contributed by atoms with E-state index in [2.05, 4.69) is 10.6 Å². The Morgan fingerprint density at radius 1 is 0.946 bits per heavy atom. The predicted molar refractivity (Wildman–Crippen MR) is 137 cm³/mol. The van der Waals surface area contributed by atoms with E-state index >= 15 is 0 Å². The number of hydrogen-bond acceptors (Lipinski definition) is 6. The highest BCUT2D eigenvalue weighted by Crippen LogP contribution is 2.18. The van der Waals surface area contributed by atoms with Gasteiger partial charge < -0.3 is 25.2 Å². The topological polar surface area (TPSA) is 134 Å². The summed E-state index contributed by atoms with van der Waals surface area (Å²) >= 11 is 0. The molecular weight excluding hydrogens is 478 g/mol. The van der Waals surface area contributed by atoms with Gasteiger partial charge in [0.25, 0.3) is 0 Å². The van der Waals surface area contributed by atoms with E-state index in [1.54, 1.807) is 45.0 Å². The number of amides is 3. The minimum atomic E-state index is -1.20. The molecule has 2 aromatic carbocycles. The van der Waals surface area contributed by atoms with Crippen molar-refractivity contribution in [1.29, 1.82) is 0 Å². The zero-order valence-electron chi connectivity index (χ0n) is 21.8. The monoisotopic (exact) mass is 513 g/mol. The molecule has 10 nitrogen and oxygen atoms in total. The number of carboxylic acids is 1. The molecule has 0 spiro atoms. The van der Waals surface area contributed by atoms with Gasteiger partial charge in [-0.3, -0.25) is 19.3 Å². The van der Waals surface area contributed by atoms with Gasteiger partial charge in [0.15, 0.2) is 0 Å². The Morgan fingerprint density at radius 2 is 1.57 bits per heavy atom. The molecular formula is C27H35N3O7. The van der Waals surface area contributed by atoms with E-state index in [9.17, 15) is 19.2 Å². The highest BCUT2D eigenvalue weighted by atomic mass is 16.6. The maximum absolute atomic E-state index is 13.2. The van der Waals surface area contributed by atoms with Crippen molar-refractivity contribution < 1.29 is 33.8 Å². The normalized spacial score (nSPS) is 12.6. The molecule has 200 valence electrons. The smallest absolute Gasteiger partial charge is 0.410 e. The van der Waals surface area contributed by atoms with Crippen molar-refractivity contribution in [3.05, 3.63) is 65.7 Å². The van der Waals surface area contributed by atoms with Gasteiger partial charge in [0.05, 0.1) is 0 Å². The Hall–Kier alpha value is -4.08. The molecule has 0 aliphatic carbocycles. The van der Waals surface area contributed by atoms with Crippen LogP contribution in [0.2, 0.25) is 0 Å². The minimum absolute atomic E-state index is 0.143. The first-order valence-corrected chi connectivity index (χ1v) is 11.9. The second-order valence-electron chi connectivity index (χ2n) is 9.57. The molecule has 10 heteroatoms. The van der Waals surface area contributed by atoms with Crippen LogP contribution in [0.15, 0.2) is 54.6 Å². The lowest BCUT2D eigenvalue weighted by Gasteiger charge is -2.30. The molecule has 0 radical (unpaired) electrons. The van der Waals surface area contributed by atoms with Crippen LogP contribution in [0.5, 0.6) is 5.75 Å². The SMILES string of the molecule is C[C@@H](NC(=O)[C@H](Cc1ccc(OCc2ccccc2)cc1)N(C)C(=O)OC(C)(C)C)C(=O)NCC(=O)O. The van der Waals surface area contributed by atoms with E-state index in [1.165, 1.54) is 18.9 Å². The van der Waals surface area contributed by atoms with Crippen LogP contribution in [-0.2, 0) is 32.1 Å². The van der Waals surface area contributed by atoms with Crippen LogP contribution in [0.25, 0.3) is 0 Å². The summed E-state index contributed by atoms with van der Waals surface area (Å²) in [6.07, 6.45) is -0.553. The van der Waals surface area contributed by atoms with Crippen LogP contribution in [0, 0.1) is 0 Å².